The maximum absolute atomic E-state index is 13.4. The SMILES string of the molecule is Cc1ccc(-c2c(C)nn3c2NC(=O)CCC3=O)cc1S(=O)(=O)N1CCCCCC1. The average Bonchev–Trinajstić information content (AvgIpc) is 2.88. The van der Waals surface area contributed by atoms with Gasteiger partial charge >= 0.3 is 0 Å². The minimum absolute atomic E-state index is 0.0852. The molecule has 0 aliphatic carbocycles. The van der Waals surface area contributed by atoms with Crippen molar-refractivity contribution in [2.24, 2.45) is 0 Å². The number of sulfonamides is 1. The Morgan fingerprint density at radius 1 is 1.00 bits per heavy atom. The van der Waals surface area contributed by atoms with E-state index >= 15 is 0 Å². The Balaban J connectivity index is 1.82. The highest BCUT2D eigenvalue weighted by molar-refractivity contribution is 7.89. The van der Waals surface area contributed by atoms with Crippen LogP contribution in [0.4, 0.5) is 5.82 Å². The lowest BCUT2D eigenvalue weighted by molar-refractivity contribution is -0.116. The average molecular weight is 431 g/mol. The predicted molar refractivity (Wildman–Crippen MR) is 113 cm³/mol. The minimum atomic E-state index is -3.64. The van der Waals surface area contributed by atoms with Gasteiger partial charge in [-0.15, -0.1) is 0 Å². The van der Waals surface area contributed by atoms with Gasteiger partial charge in [0.05, 0.1) is 10.6 Å². The molecule has 8 nitrogen and oxygen atoms in total. The molecular formula is C21H26N4O4S. The van der Waals surface area contributed by atoms with Gasteiger partial charge in [0.2, 0.25) is 21.8 Å². The van der Waals surface area contributed by atoms with E-state index < -0.39 is 10.0 Å². The number of benzene rings is 1. The highest BCUT2D eigenvalue weighted by Crippen LogP contribution is 2.35. The summed E-state index contributed by atoms with van der Waals surface area (Å²) in [6.07, 6.45) is 4.00. The first kappa shape index (κ1) is 20.7. The monoisotopic (exact) mass is 430 g/mol. The van der Waals surface area contributed by atoms with Crippen LogP contribution < -0.4 is 5.32 Å². The van der Waals surface area contributed by atoms with E-state index in [1.54, 1.807) is 30.3 Å². The fourth-order valence-corrected chi connectivity index (χ4v) is 5.91. The molecule has 1 amide bonds. The molecule has 160 valence electrons. The second-order valence-corrected chi connectivity index (χ2v) is 9.87. The summed E-state index contributed by atoms with van der Waals surface area (Å²) < 4.78 is 29.6. The zero-order chi connectivity index (χ0) is 21.5. The van der Waals surface area contributed by atoms with Gasteiger partial charge in [0.25, 0.3) is 0 Å². The molecule has 0 bridgehead atoms. The predicted octanol–water partition coefficient (Wildman–Crippen LogP) is 3.10. The van der Waals surface area contributed by atoms with Crippen molar-refractivity contribution >= 4 is 27.7 Å². The van der Waals surface area contributed by atoms with Crippen molar-refractivity contribution in [3.63, 3.8) is 0 Å². The second-order valence-electron chi connectivity index (χ2n) is 7.96. The maximum atomic E-state index is 13.4. The van der Waals surface area contributed by atoms with Crippen LogP contribution in [0.15, 0.2) is 23.1 Å². The summed E-state index contributed by atoms with van der Waals surface area (Å²) in [5.74, 6) is -0.211. The quantitative estimate of drug-likeness (QED) is 0.806. The van der Waals surface area contributed by atoms with Crippen molar-refractivity contribution in [1.82, 2.24) is 14.1 Å². The number of nitrogens with zero attached hydrogens (tertiary/aromatic N) is 3. The van der Waals surface area contributed by atoms with Crippen LogP contribution in [-0.2, 0) is 14.8 Å². The molecule has 0 unspecified atom stereocenters. The summed E-state index contributed by atoms with van der Waals surface area (Å²) in [6, 6.07) is 5.22. The molecule has 30 heavy (non-hydrogen) atoms. The van der Waals surface area contributed by atoms with Crippen LogP contribution in [0.3, 0.4) is 0 Å². The highest BCUT2D eigenvalue weighted by Gasteiger charge is 2.29. The molecule has 9 heteroatoms. The van der Waals surface area contributed by atoms with E-state index in [0.29, 0.717) is 41.3 Å². The fraction of sp³-hybridized carbons (Fsp3) is 0.476. The lowest BCUT2D eigenvalue weighted by Gasteiger charge is -2.21. The number of rotatable bonds is 3. The maximum Gasteiger partial charge on any atom is 0.249 e. The van der Waals surface area contributed by atoms with Crippen molar-refractivity contribution in [2.45, 2.75) is 57.3 Å². The molecule has 1 N–H and O–H groups in total. The summed E-state index contributed by atoms with van der Waals surface area (Å²) in [6.45, 7) is 4.59. The Morgan fingerprint density at radius 2 is 1.70 bits per heavy atom. The number of anilines is 1. The van der Waals surface area contributed by atoms with Crippen LogP contribution in [0.2, 0.25) is 0 Å². The molecule has 0 spiro atoms. The number of hydrogen-bond acceptors (Lipinski definition) is 5. The molecule has 0 radical (unpaired) electrons. The number of aryl methyl sites for hydroxylation is 2. The van der Waals surface area contributed by atoms with Crippen LogP contribution in [0.5, 0.6) is 0 Å². The molecule has 2 aliphatic rings. The zero-order valence-corrected chi connectivity index (χ0v) is 18.1. The van der Waals surface area contributed by atoms with Gasteiger partial charge in [0, 0.05) is 31.5 Å². The lowest BCUT2D eigenvalue weighted by atomic mass is 10.0. The Morgan fingerprint density at radius 3 is 2.40 bits per heavy atom. The molecular weight excluding hydrogens is 404 g/mol. The number of fused-ring (bicyclic) bond motifs is 1. The van der Waals surface area contributed by atoms with Crippen LogP contribution in [-0.4, -0.2) is 47.4 Å². The van der Waals surface area contributed by atoms with Gasteiger partial charge in [-0.1, -0.05) is 25.0 Å². The molecule has 1 fully saturated rings. The summed E-state index contributed by atoms with van der Waals surface area (Å²) in [5.41, 5.74) is 2.41. The van der Waals surface area contributed by atoms with Crippen molar-refractivity contribution in [3.8, 4) is 11.1 Å². The molecule has 1 saturated heterocycles. The van der Waals surface area contributed by atoms with Crippen LogP contribution in [0, 0.1) is 13.8 Å². The normalized spacial score (nSPS) is 18.5. The van der Waals surface area contributed by atoms with Gasteiger partial charge in [-0.2, -0.15) is 14.1 Å². The molecule has 1 aromatic heterocycles. The van der Waals surface area contributed by atoms with Crippen molar-refractivity contribution in [2.75, 3.05) is 18.4 Å². The molecule has 3 heterocycles. The van der Waals surface area contributed by atoms with Crippen molar-refractivity contribution in [3.05, 3.63) is 29.5 Å². The molecule has 2 aliphatic heterocycles. The zero-order valence-electron chi connectivity index (χ0n) is 17.3. The Bertz CT molecular complexity index is 1110. The number of amides is 1. The van der Waals surface area contributed by atoms with Crippen molar-refractivity contribution in [1.29, 1.82) is 0 Å². The largest absolute Gasteiger partial charge is 0.310 e. The molecule has 0 saturated carbocycles. The first-order valence-corrected chi connectivity index (χ1v) is 11.8. The number of hydrogen-bond donors (Lipinski definition) is 1. The van der Waals surface area contributed by atoms with Crippen LogP contribution >= 0.6 is 0 Å². The van der Waals surface area contributed by atoms with Crippen LogP contribution in [0.1, 0.15) is 54.6 Å². The topological polar surface area (TPSA) is 101 Å². The summed E-state index contributed by atoms with van der Waals surface area (Å²) in [5, 5.41) is 7.08. The van der Waals surface area contributed by atoms with E-state index in [4.69, 9.17) is 0 Å². The van der Waals surface area contributed by atoms with Crippen molar-refractivity contribution < 1.29 is 18.0 Å². The van der Waals surface area contributed by atoms with Crippen LogP contribution in [0.25, 0.3) is 11.1 Å². The van der Waals surface area contributed by atoms with E-state index in [1.807, 2.05) is 6.07 Å². The number of carbonyl (C=O) groups excluding carboxylic acids is 2. The fourth-order valence-electron chi connectivity index (χ4n) is 4.14. The van der Waals surface area contributed by atoms with Gasteiger partial charge < -0.3 is 5.32 Å². The van der Waals surface area contributed by atoms with E-state index in [1.165, 1.54) is 4.68 Å². The third kappa shape index (κ3) is 3.67. The van der Waals surface area contributed by atoms with E-state index in [2.05, 4.69) is 10.4 Å². The lowest BCUT2D eigenvalue weighted by Crippen LogP contribution is -2.32. The van der Waals surface area contributed by atoms with Gasteiger partial charge in [0.1, 0.15) is 5.82 Å². The first-order valence-electron chi connectivity index (χ1n) is 10.3. The number of nitrogens with one attached hydrogen (secondary N) is 1. The minimum Gasteiger partial charge on any atom is -0.310 e. The molecule has 1 aromatic carbocycles. The van der Waals surface area contributed by atoms with Gasteiger partial charge in [-0.3, -0.25) is 9.59 Å². The standard InChI is InChI=1S/C21H26N4O4S/c1-14-7-8-16(13-17(14)30(28,29)24-11-5-3-4-6-12-24)20-15(2)23-25-19(27)10-9-18(26)22-21(20)25/h7-8,13H,3-6,9-12H2,1-2H3,(H,22,26). The van der Waals surface area contributed by atoms with E-state index in [-0.39, 0.29) is 29.6 Å². The van der Waals surface area contributed by atoms with E-state index in [9.17, 15) is 18.0 Å². The third-order valence-corrected chi connectivity index (χ3v) is 7.82. The molecule has 4 rings (SSSR count). The second kappa shape index (κ2) is 7.96. The summed E-state index contributed by atoms with van der Waals surface area (Å²) in [7, 11) is -3.64. The Hall–Kier alpha value is -2.52. The summed E-state index contributed by atoms with van der Waals surface area (Å²) in [4.78, 5) is 24.7. The van der Waals surface area contributed by atoms with Gasteiger partial charge in [-0.05, 0) is 43.9 Å². The molecule has 2 aromatic rings. The number of aromatic nitrogens is 2. The molecule has 0 atom stereocenters. The Kier molecular flexibility index (Phi) is 5.50. The first-order chi connectivity index (χ1) is 14.3. The number of carbonyl (C=O) groups is 2. The Labute approximate surface area is 176 Å². The highest BCUT2D eigenvalue weighted by atomic mass is 32.2. The van der Waals surface area contributed by atoms with E-state index in [0.717, 1.165) is 25.7 Å². The summed E-state index contributed by atoms with van der Waals surface area (Å²) >= 11 is 0. The van der Waals surface area contributed by atoms with Gasteiger partial charge in [-0.25, -0.2) is 8.42 Å². The van der Waals surface area contributed by atoms with Gasteiger partial charge in [0.15, 0.2) is 0 Å². The smallest absolute Gasteiger partial charge is 0.249 e. The third-order valence-electron chi connectivity index (χ3n) is 5.78.